The van der Waals surface area contributed by atoms with Crippen molar-refractivity contribution < 1.29 is 12.8 Å². The summed E-state index contributed by atoms with van der Waals surface area (Å²) in [4.78, 5) is 0.105. The van der Waals surface area contributed by atoms with E-state index in [1.807, 2.05) is 0 Å². The van der Waals surface area contributed by atoms with E-state index >= 15 is 0 Å². The van der Waals surface area contributed by atoms with Crippen molar-refractivity contribution in [1.82, 2.24) is 4.72 Å². The number of rotatable bonds is 3. The Hall–Kier alpha value is -1.90. The van der Waals surface area contributed by atoms with Crippen molar-refractivity contribution in [1.29, 1.82) is 0 Å². The van der Waals surface area contributed by atoms with Gasteiger partial charge in [0, 0.05) is 6.04 Å². The van der Waals surface area contributed by atoms with Crippen molar-refractivity contribution in [3.8, 4) is 0 Å². The smallest absolute Gasteiger partial charge is 0.207 e. The second kappa shape index (κ2) is 5.33. The largest absolute Gasteiger partial charge is 0.243 e. The summed E-state index contributed by atoms with van der Waals surface area (Å²) in [7, 11) is -3.76. The number of hydrogen-bond acceptors (Lipinski definition) is 4. The third-order valence-corrected chi connectivity index (χ3v) is 6.07. The molecular weight excluding hydrogens is 337 g/mol. The Kier molecular flexibility index (Phi) is 3.40. The number of hydrogen-bond donors (Lipinski definition) is 1. The summed E-state index contributed by atoms with van der Waals surface area (Å²) in [6, 6.07) is 8.96. The Labute approximate surface area is 136 Å². The van der Waals surface area contributed by atoms with Gasteiger partial charge >= 0.3 is 0 Å². The molecule has 0 radical (unpaired) electrons. The molecule has 8 heteroatoms. The maximum atomic E-state index is 13.5. The standard InChI is InChI=1S/C15H12FN3O2S2/c16-10-6-4-9-5-7-12(11(9)8-10)19-23(20,21)14-3-1-2-13-15(14)18-22-17-13/h1-4,6,8,12,19H,5,7H2. The van der Waals surface area contributed by atoms with E-state index in [1.54, 1.807) is 18.2 Å². The second-order valence-corrected chi connectivity index (χ2v) is 7.65. The predicted molar refractivity (Wildman–Crippen MR) is 85.8 cm³/mol. The molecule has 0 aromatic heterocycles. The van der Waals surface area contributed by atoms with Crippen LogP contribution in [0.5, 0.6) is 0 Å². The van der Waals surface area contributed by atoms with Crippen molar-refractivity contribution in [3.05, 3.63) is 53.3 Å². The fraction of sp³-hybridized carbons (Fsp3) is 0.200. The highest BCUT2D eigenvalue weighted by atomic mass is 32.2. The summed E-state index contributed by atoms with van der Waals surface area (Å²) in [6.07, 6.45) is 1.34. The highest BCUT2D eigenvalue weighted by molar-refractivity contribution is 7.89. The summed E-state index contributed by atoms with van der Waals surface area (Å²) >= 11 is 0.975. The Morgan fingerprint density at radius 1 is 1.22 bits per heavy atom. The first-order chi connectivity index (χ1) is 11.0. The van der Waals surface area contributed by atoms with Gasteiger partial charge in [0.15, 0.2) is 0 Å². The van der Waals surface area contributed by atoms with Crippen LogP contribution in [0.1, 0.15) is 23.6 Å². The number of benzene rings is 2. The SMILES string of the molecule is O=S(=O)(NC1CCc2ccc(F)cc21)c1cccc2c1N=S=N2. The lowest BCUT2D eigenvalue weighted by molar-refractivity contribution is 0.553. The Morgan fingerprint density at radius 2 is 2.09 bits per heavy atom. The van der Waals surface area contributed by atoms with Crippen molar-refractivity contribution in [2.45, 2.75) is 23.8 Å². The fourth-order valence-electron chi connectivity index (χ4n) is 2.94. The number of nitrogens with zero attached hydrogens (tertiary/aromatic N) is 2. The van der Waals surface area contributed by atoms with Crippen LogP contribution in [0.3, 0.4) is 0 Å². The first kappa shape index (κ1) is 14.7. The van der Waals surface area contributed by atoms with E-state index in [9.17, 15) is 12.8 Å². The van der Waals surface area contributed by atoms with Crippen LogP contribution >= 0.6 is 0 Å². The second-order valence-electron chi connectivity index (χ2n) is 5.44. The normalized spacial score (nSPS) is 18.6. The van der Waals surface area contributed by atoms with Gasteiger partial charge in [-0.3, -0.25) is 0 Å². The fourth-order valence-corrected chi connectivity index (χ4v) is 4.96. The van der Waals surface area contributed by atoms with E-state index in [2.05, 4.69) is 13.4 Å². The molecule has 23 heavy (non-hydrogen) atoms. The lowest BCUT2D eigenvalue weighted by Gasteiger charge is -2.15. The quantitative estimate of drug-likeness (QED) is 0.786. The van der Waals surface area contributed by atoms with Gasteiger partial charge in [0.1, 0.15) is 22.1 Å². The molecule has 4 rings (SSSR count). The maximum absolute atomic E-state index is 13.5. The molecule has 1 N–H and O–H groups in total. The van der Waals surface area contributed by atoms with Gasteiger partial charge < -0.3 is 0 Å². The van der Waals surface area contributed by atoms with Crippen LogP contribution < -0.4 is 4.72 Å². The average Bonchev–Trinajstić information content (AvgIpc) is 3.13. The molecule has 1 aliphatic carbocycles. The van der Waals surface area contributed by atoms with Crippen LogP contribution in [-0.2, 0) is 27.8 Å². The van der Waals surface area contributed by atoms with E-state index in [0.717, 1.165) is 23.3 Å². The van der Waals surface area contributed by atoms with Gasteiger partial charge in [-0.05, 0) is 48.2 Å². The first-order valence-electron chi connectivity index (χ1n) is 7.06. The van der Waals surface area contributed by atoms with Crippen LogP contribution in [0.4, 0.5) is 15.8 Å². The van der Waals surface area contributed by atoms with E-state index in [0.29, 0.717) is 23.4 Å². The van der Waals surface area contributed by atoms with Crippen molar-refractivity contribution in [2.24, 2.45) is 8.73 Å². The van der Waals surface area contributed by atoms with Gasteiger partial charge in [0.25, 0.3) is 0 Å². The van der Waals surface area contributed by atoms with Gasteiger partial charge in [0.2, 0.25) is 10.0 Å². The zero-order valence-corrected chi connectivity index (χ0v) is 13.5. The Bertz CT molecular complexity index is 982. The molecule has 1 atom stereocenters. The zero-order valence-electron chi connectivity index (χ0n) is 11.9. The third kappa shape index (κ3) is 2.52. The first-order valence-corrected chi connectivity index (χ1v) is 9.28. The monoisotopic (exact) mass is 349 g/mol. The molecule has 1 aliphatic heterocycles. The molecule has 0 amide bonds. The predicted octanol–water partition coefficient (Wildman–Crippen LogP) is 3.52. The topological polar surface area (TPSA) is 70.9 Å². The molecule has 0 fully saturated rings. The number of fused-ring (bicyclic) bond motifs is 2. The molecule has 1 heterocycles. The van der Waals surface area contributed by atoms with Gasteiger partial charge in [-0.15, -0.1) is 0 Å². The summed E-state index contributed by atoms with van der Waals surface area (Å²) in [5, 5.41) is 0. The molecule has 0 saturated carbocycles. The highest BCUT2D eigenvalue weighted by Crippen LogP contribution is 2.39. The van der Waals surface area contributed by atoms with Gasteiger partial charge in [-0.2, -0.15) is 8.73 Å². The van der Waals surface area contributed by atoms with Gasteiger partial charge in [0.05, 0.1) is 11.4 Å². The number of nitrogens with one attached hydrogen (secondary N) is 1. The van der Waals surface area contributed by atoms with Crippen LogP contribution in [0.2, 0.25) is 0 Å². The molecule has 2 aromatic carbocycles. The van der Waals surface area contributed by atoms with Crippen molar-refractivity contribution in [3.63, 3.8) is 0 Å². The van der Waals surface area contributed by atoms with Gasteiger partial charge in [-0.25, -0.2) is 17.5 Å². The summed E-state index contributed by atoms with van der Waals surface area (Å²) in [5.41, 5.74) is 2.60. The minimum absolute atomic E-state index is 0.105. The summed E-state index contributed by atoms with van der Waals surface area (Å²) < 4.78 is 49.7. The van der Waals surface area contributed by atoms with E-state index in [-0.39, 0.29) is 10.7 Å². The van der Waals surface area contributed by atoms with E-state index in [4.69, 9.17) is 0 Å². The molecule has 0 saturated heterocycles. The lowest BCUT2D eigenvalue weighted by atomic mass is 10.1. The lowest BCUT2D eigenvalue weighted by Crippen LogP contribution is -2.27. The molecule has 118 valence electrons. The van der Waals surface area contributed by atoms with Gasteiger partial charge in [-0.1, -0.05) is 12.1 Å². The molecule has 0 bridgehead atoms. The van der Waals surface area contributed by atoms with E-state index < -0.39 is 16.1 Å². The van der Waals surface area contributed by atoms with Crippen LogP contribution in [-0.4, -0.2) is 8.42 Å². The Morgan fingerprint density at radius 3 is 2.96 bits per heavy atom. The van der Waals surface area contributed by atoms with Crippen LogP contribution in [0.25, 0.3) is 0 Å². The minimum atomic E-state index is -3.76. The zero-order chi connectivity index (χ0) is 16.0. The highest BCUT2D eigenvalue weighted by Gasteiger charge is 2.30. The number of sulfonamides is 1. The minimum Gasteiger partial charge on any atom is -0.207 e. The van der Waals surface area contributed by atoms with Crippen molar-refractivity contribution >= 4 is 32.8 Å². The Balaban J connectivity index is 1.70. The summed E-state index contributed by atoms with van der Waals surface area (Å²) in [6.45, 7) is 0. The summed E-state index contributed by atoms with van der Waals surface area (Å²) in [5.74, 6) is -0.361. The van der Waals surface area contributed by atoms with E-state index in [1.165, 1.54) is 18.2 Å². The molecule has 2 aliphatic rings. The molecule has 1 unspecified atom stereocenters. The number of aryl methyl sites for hydroxylation is 1. The maximum Gasteiger partial charge on any atom is 0.243 e. The number of halogens is 1. The molecule has 0 spiro atoms. The van der Waals surface area contributed by atoms with Crippen molar-refractivity contribution in [2.75, 3.05) is 0 Å². The van der Waals surface area contributed by atoms with Crippen LogP contribution in [0.15, 0.2) is 50.0 Å². The molecule has 5 nitrogen and oxygen atoms in total. The average molecular weight is 349 g/mol. The third-order valence-electron chi connectivity index (χ3n) is 4.02. The molecular formula is C15H12FN3O2S2. The molecule has 2 aromatic rings. The van der Waals surface area contributed by atoms with Crippen LogP contribution in [0, 0.1) is 5.82 Å².